The Morgan fingerprint density at radius 2 is 1.75 bits per heavy atom. The first kappa shape index (κ1) is 14.4. The Kier molecular flexibility index (Phi) is 5.03. The number of nitrogen functional groups attached to an aromatic ring is 1. The van der Waals surface area contributed by atoms with Crippen molar-refractivity contribution in [3.8, 4) is 0 Å². The van der Waals surface area contributed by atoms with Crippen LogP contribution in [0.15, 0.2) is 59.5 Å². The van der Waals surface area contributed by atoms with Crippen LogP contribution in [0.5, 0.6) is 0 Å². The highest BCUT2D eigenvalue weighted by Gasteiger charge is 2.19. The number of rotatable bonds is 5. The Morgan fingerprint density at radius 3 is 2.35 bits per heavy atom. The molecule has 0 saturated heterocycles. The molecule has 0 aliphatic carbocycles. The maximum Gasteiger partial charge on any atom is 0.242 e. The normalized spacial score (nSPS) is 11.8. The summed E-state index contributed by atoms with van der Waals surface area (Å²) in [6.45, 7) is 0. The highest BCUT2D eigenvalue weighted by molar-refractivity contribution is 7.99. The van der Waals surface area contributed by atoms with Gasteiger partial charge in [0.25, 0.3) is 0 Å². The zero-order chi connectivity index (χ0) is 14.4. The summed E-state index contributed by atoms with van der Waals surface area (Å²) < 4.78 is 0. The molecule has 0 bridgehead atoms. The average Bonchev–Trinajstić information content (AvgIpc) is 2.50. The Hall–Kier alpha value is -1.98. The van der Waals surface area contributed by atoms with Gasteiger partial charge in [0, 0.05) is 16.3 Å². The van der Waals surface area contributed by atoms with Crippen LogP contribution < -0.4 is 17.0 Å². The first-order valence-electron chi connectivity index (χ1n) is 6.24. The molecule has 0 spiro atoms. The van der Waals surface area contributed by atoms with Gasteiger partial charge in [-0.1, -0.05) is 30.3 Å². The van der Waals surface area contributed by atoms with Gasteiger partial charge in [0.2, 0.25) is 5.91 Å². The molecule has 1 atom stereocenters. The highest BCUT2D eigenvalue weighted by Crippen LogP contribution is 2.27. The minimum absolute atomic E-state index is 0.181. The predicted molar refractivity (Wildman–Crippen MR) is 83.1 cm³/mol. The standard InChI is InChI=1S/C15H17N3OS/c16-12-6-8-13(9-7-12)20-10-14(15(19)18-17)11-4-2-1-3-5-11/h1-9,14H,10,16-17H2,(H,18,19). The van der Waals surface area contributed by atoms with Crippen LogP contribution in [0.4, 0.5) is 5.69 Å². The number of nitrogens with one attached hydrogen (secondary N) is 1. The third kappa shape index (κ3) is 3.76. The average molecular weight is 287 g/mol. The van der Waals surface area contributed by atoms with Crippen LogP contribution in [-0.2, 0) is 4.79 Å². The van der Waals surface area contributed by atoms with Gasteiger partial charge in [0.05, 0.1) is 5.92 Å². The number of hydrazine groups is 1. The van der Waals surface area contributed by atoms with Crippen LogP contribution in [0.1, 0.15) is 11.5 Å². The Balaban J connectivity index is 2.09. The second-order valence-electron chi connectivity index (χ2n) is 4.35. The maximum atomic E-state index is 11.9. The second kappa shape index (κ2) is 6.98. The fraction of sp³-hybridized carbons (Fsp3) is 0.133. The molecule has 20 heavy (non-hydrogen) atoms. The van der Waals surface area contributed by atoms with E-state index in [4.69, 9.17) is 11.6 Å². The van der Waals surface area contributed by atoms with E-state index < -0.39 is 0 Å². The van der Waals surface area contributed by atoms with E-state index in [0.29, 0.717) is 5.75 Å². The van der Waals surface area contributed by atoms with Gasteiger partial charge in [0.1, 0.15) is 0 Å². The van der Waals surface area contributed by atoms with E-state index in [1.54, 1.807) is 11.8 Å². The lowest BCUT2D eigenvalue weighted by Crippen LogP contribution is -2.35. The predicted octanol–water partition coefficient (Wildman–Crippen LogP) is 2.13. The topological polar surface area (TPSA) is 81.1 Å². The summed E-state index contributed by atoms with van der Waals surface area (Å²) in [6.07, 6.45) is 0. The number of carbonyl (C=O) groups is 1. The Labute approximate surface area is 122 Å². The number of hydrogen-bond acceptors (Lipinski definition) is 4. The van der Waals surface area contributed by atoms with Crippen molar-refractivity contribution in [1.29, 1.82) is 0 Å². The molecule has 0 aliphatic heterocycles. The molecule has 1 unspecified atom stereocenters. The number of nitrogens with two attached hydrogens (primary N) is 2. The van der Waals surface area contributed by atoms with E-state index in [-0.39, 0.29) is 11.8 Å². The highest BCUT2D eigenvalue weighted by atomic mass is 32.2. The maximum absolute atomic E-state index is 11.9. The van der Waals surface area contributed by atoms with Gasteiger partial charge in [-0.2, -0.15) is 0 Å². The summed E-state index contributed by atoms with van der Waals surface area (Å²) in [5, 5.41) is 0. The lowest BCUT2D eigenvalue weighted by Gasteiger charge is -2.15. The second-order valence-corrected chi connectivity index (χ2v) is 5.45. The molecule has 0 aromatic heterocycles. The van der Waals surface area contributed by atoms with Crippen LogP contribution in [-0.4, -0.2) is 11.7 Å². The first-order valence-corrected chi connectivity index (χ1v) is 7.23. The van der Waals surface area contributed by atoms with Crippen molar-refractivity contribution >= 4 is 23.4 Å². The third-order valence-electron chi connectivity index (χ3n) is 2.96. The van der Waals surface area contributed by atoms with Crippen LogP contribution in [0.25, 0.3) is 0 Å². The SMILES string of the molecule is NNC(=O)C(CSc1ccc(N)cc1)c1ccccc1. The monoisotopic (exact) mass is 287 g/mol. The summed E-state index contributed by atoms with van der Waals surface area (Å²) in [5.41, 5.74) is 9.58. The molecular formula is C15H17N3OS. The molecule has 0 saturated carbocycles. The lowest BCUT2D eigenvalue weighted by atomic mass is 10.0. The Bertz CT molecular complexity index is 557. The molecule has 4 nitrogen and oxygen atoms in total. The molecule has 0 heterocycles. The van der Waals surface area contributed by atoms with Gasteiger partial charge in [0.15, 0.2) is 0 Å². The van der Waals surface area contributed by atoms with Gasteiger partial charge >= 0.3 is 0 Å². The van der Waals surface area contributed by atoms with Gasteiger partial charge in [-0.05, 0) is 29.8 Å². The van der Waals surface area contributed by atoms with Gasteiger partial charge in [-0.25, -0.2) is 5.84 Å². The van der Waals surface area contributed by atoms with Crippen LogP contribution in [0.2, 0.25) is 0 Å². The molecule has 2 aromatic carbocycles. The first-order chi connectivity index (χ1) is 9.70. The van der Waals surface area contributed by atoms with Crippen molar-refractivity contribution in [2.45, 2.75) is 10.8 Å². The zero-order valence-corrected chi connectivity index (χ0v) is 11.8. The van der Waals surface area contributed by atoms with Gasteiger partial charge in [-0.3, -0.25) is 10.2 Å². The summed E-state index contributed by atoms with van der Waals surface area (Å²) in [7, 11) is 0. The molecule has 1 amide bonds. The summed E-state index contributed by atoms with van der Waals surface area (Å²) in [5.74, 6) is 5.44. The van der Waals surface area contributed by atoms with Crippen molar-refractivity contribution in [1.82, 2.24) is 5.43 Å². The van der Waals surface area contributed by atoms with Gasteiger partial charge < -0.3 is 5.73 Å². The van der Waals surface area contributed by atoms with Crippen molar-refractivity contribution in [3.63, 3.8) is 0 Å². The van der Waals surface area contributed by atoms with Crippen LogP contribution in [0, 0.1) is 0 Å². The lowest BCUT2D eigenvalue weighted by molar-refractivity contribution is -0.122. The number of benzene rings is 2. The smallest absolute Gasteiger partial charge is 0.242 e. The quantitative estimate of drug-likeness (QED) is 0.259. The minimum Gasteiger partial charge on any atom is -0.399 e. The molecule has 104 valence electrons. The minimum atomic E-state index is -0.274. The molecular weight excluding hydrogens is 270 g/mol. The fourth-order valence-corrected chi connectivity index (χ4v) is 2.88. The summed E-state index contributed by atoms with van der Waals surface area (Å²) in [4.78, 5) is 13.0. The number of hydrogen-bond donors (Lipinski definition) is 3. The van der Waals surface area contributed by atoms with E-state index in [0.717, 1.165) is 16.1 Å². The molecule has 0 radical (unpaired) electrons. The van der Waals surface area contributed by atoms with E-state index in [9.17, 15) is 4.79 Å². The molecule has 0 aliphatic rings. The van der Waals surface area contributed by atoms with Crippen molar-refractivity contribution < 1.29 is 4.79 Å². The third-order valence-corrected chi connectivity index (χ3v) is 4.06. The molecule has 5 heteroatoms. The van der Waals surface area contributed by atoms with Crippen LogP contribution in [0.3, 0.4) is 0 Å². The van der Waals surface area contributed by atoms with Crippen molar-refractivity contribution in [2.24, 2.45) is 5.84 Å². The number of anilines is 1. The van der Waals surface area contributed by atoms with Gasteiger partial charge in [-0.15, -0.1) is 11.8 Å². The van der Waals surface area contributed by atoms with Crippen molar-refractivity contribution in [3.05, 3.63) is 60.2 Å². The molecule has 0 fully saturated rings. The zero-order valence-electron chi connectivity index (χ0n) is 11.0. The van der Waals surface area contributed by atoms with E-state index in [2.05, 4.69) is 5.43 Å². The number of thioether (sulfide) groups is 1. The molecule has 2 aromatic rings. The number of amides is 1. The summed E-state index contributed by atoms with van der Waals surface area (Å²) >= 11 is 1.60. The summed E-state index contributed by atoms with van der Waals surface area (Å²) in [6, 6.07) is 17.2. The van der Waals surface area contributed by atoms with Crippen LogP contribution >= 0.6 is 11.8 Å². The van der Waals surface area contributed by atoms with Crippen molar-refractivity contribution in [2.75, 3.05) is 11.5 Å². The Morgan fingerprint density at radius 1 is 1.10 bits per heavy atom. The molecule has 2 rings (SSSR count). The number of carbonyl (C=O) groups excluding carboxylic acids is 1. The molecule has 5 N–H and O–H groups in total. The van der Waals surface area contributed by atoms with E-state index in [1.807, 2.05) is 54.6 Å². The van der Waals surface area contributed by atoms with E-state index in [1.165, 1.54) is 0 Å². The largest absolute Gasteiger partial charge is 0.399 e. The fourth-order valence-electron chi connectivity index (χ4n) is 1.85. The van der Waals surface area contributed by atoms with E-state index >= 15 is 0 Å².